The molecule has 1 aromatic carbocycles. The number of hydrogen-bond acceptors (Lipinski definition) is 6. The molecule has 0 unspecified atom stereocenters. The zero-order valence-corrected chi connectivity index (χ0v) is 13.0. The minimum absolute atomic E-state index is 0.0190. The summed E-state index contributed by atoms with van der Waals surface area (Å²) in [6.45, 7) is 0. The van der Waals surface area contributed by atoms with E-state index in [0.717, 1.165) is 5.56 Å². The normalized spacial score (nSPS) is 10.8. The average Bonchev–Trinajstić information content (AvgIpc) is 3.25. The summed E-state index contributed by atoms with van der Waals surface area (Å²) in [5.41, 5.74) is 1.40. The van der Waals surface area contributed by atoms with Gasteiger partial charge in [0.25, 0.3) is 5.69 Å². The van der Waals surface area contributed by atoms with Gasteiger partial charge in [-0.1, -0.05) is 0 Å². The SMILES string of the molecule is O=C(C=Cc1ccco1)Nc1nc(-c2ccc([N+](=O)[O-])cc2)cs1. The minimum Gasteiger partial charge on any atom is -0.465 e. The first-order chi connectivity index (χ1) is 11.6. The number of benzene rings is 1. The van der Waals surface area contributed by atoms with E-state index in [4.69, 9.17) is 4.42 Å². The van der Waals surface area contributed by atoms with Crippen LogP contribution in [0.4, 0.5) is 10.8 Å². The molecule has 0 saturated heterocycles. The first-order valence-electron chi connectivity index (χ1n) is 6.85. The Balaban J connectivity index is 1.66. The molecule has 8 heteroatoms. The highest BCUT2D eigenvalue weighted by molar-refractivity contribution is 7.14. The van der Waals surface area contributed by atoms with Crippen molar-refractivity contribution in [1.29, 1.82) is 0 Å². The molecule has 1 N–H and O–H groups in total. The molecular weight excluding hydrogens is 330 g/mol. The highest BCUT2D eigenvalue weighted by Crippen LogP contribution is 2.26. The summed E-state index contributed by atoms with van der Waals surface area (Å²) < 4.78 is 5.09. The Bertz CT molecular complexity index is 882. The van der Waals surface area contributed by atoms with E-state index in [0.29, 0.717) is 16.6 Å². The van der Waals surface area contributed by atoms with E-state index in [1.54, 1.807) is 35.7 Å². The number of carbonyl (C=O) groups is 1. The lowest BCUT2D eigenvalue weighted by molar-refractivity contribution is -0.384. The Hall–Kier alpha value is -3.26. The second-order valence-electron chi connectivity index (χ2n) is 4.68. The predicted molar refractivity (Wildman–Crippen MR) is 90.6 cm³/mol. The van der Waals surface area contributed by atoms with Crippen molar-refractivity contribution in [3.63, 3.8) is 0 Å². The van der Waals surface area contributed by atoms with Crippen molar-refractivity contribution in [3.05, 3.63) is 70.0 Å². The molecule has 2 aromatic heterocycles. The highest BCUT2D eigenvalue weighted by Gasteiger charge is 2.09. The van der Waals surface area contributed by atoms with Gasteiger partial charge in [0.15, 0.2) is 5.13 Å². The lowest BCUT2D eigenvalue weighted by Gasteiger charge is -1.97. The molecule has 1 amide bonds. The number of aromatic nitrogens is 1. The van der Waals surface area contributed by atoms with Gasteiger partial charge in [-0.3, -0.25) is 20.2 Å². The third-order valence-electron chi connectivity index (χ3n) is 3.05. The van der Waals surface area contributed by atoms with E-state index in [1.807, 2.05) is 0 Å². The van der Waals surface area contributed by atoms with Gasteiger partial charge in [0.1, 0.15) is 5.76 Å². The van der Waals surface area contributed by atoms with E-state index in [2.05, 4.69) is 10.3 Å². The first-order valence-corrected chi connectivity index (χ1v) is 7.73. The van der Waals surface area contributed by atoms with E-state index in [9.17, 15) is 14.9 Å². The summed E-state index contributed by atoms with van der Waals surface area (Å²) in [4.78, 5) is 26.3. The van der Waals surface area contributed by atoms with Gasteiger partial charge in [-0.2, -0.15) is 0 Å². The van der Waals surface area contributed by atoms with Crippen LogP contribution in [0.15, 0.2) is 58.5 Å². The number of rotatable bonds is 5. The van der Waals surface area contributed by atoms with Crippen molar-refractivity contribution in [2.45, 2.75) is 0 Å². The maximum atomic E-state index is 11.8. The van der Waals surface area contributed by atoms with Gasteiger partial charge >= 0.3 is 0 Å². The van der Waals surface area contributed by atoms with E-state index >= 15 is 0 Å². The molecule has 0 radical (unpaired) electrons. The fourth-order valence-corrected chi connectivity index (χ4v) is 2.63. The molecule has 3 aromatic rings. The third-order valence-corrected chi connectivity index (χ3v) is 3.81. The van der Waals surface area contributed by atoms with Gasteiger partial charge < -0.3 is 4.42 Å². The number of nitro benzene ring substituents is 1. The van der Waals surface area contributed by atoms with Gasteiger partial charge in [-0.15, -0.1) is 11.3 Å². The zero-order chi connectivity index (χ0) is 16.9. The van der Waals surface area contributed by atoms with Crippen LogP contribution in [-0.4, -0.2) is 15.8 Å². The standard InChI is InChI=1S/C16H11N3O4S/c20-15(8-7-13-2-1-9-23-13)18-16-17-14(10-24-16)11-3-5-12(6-4-11)19(21)22/h1-10H,(H,17,18,20). The number of nitrogens with zero attached hydrogens (tertiary/aromatic N) is 2. The van der Waals surface area contributed by atoms with E-state index in [-0.39, 0.29) is 11.6 Å². The van der Waals surface area contributed by atoms with Crippen LogP contribution in [0, 0.1) is 10.1 Å². The van der Waals surface area contributed by atoms with E-state index in [1.165, 1.54) is 35.8 Å². The Morgan fingerprint density at radius 1 is 1.29 bits per heavy atom. The predicted octanol–water partition coefficient (Wildman–Crippen LogP) is 3.96. The molecule has 0 aliphatic carbocycles. The number of nitrogens with one attached hydrogen (secondary N) is 1. The van der Waals surface area contributed by atoms with Crippen LogP contribution in [0.2, 0.25) is 0 Å². The first kappa shape index (κ1) is 15.6. The number of thiazole rings is 1. The Morgan fingerprint density at radius 3 is 2.75 bits per heavy atom. The second kappa shape index (κ2) is 6.88. The highest BCUT2D eigenvalue weighted by atomic mass is 32.1. The molecule has 24 heavy (non-hydrogen) atoms. The number of nitro groups is 1. The zero-order valence-electron chi connectivity index (χ0n) is 12.2. The number of furan rings is 1. The Morgan fingerprint density at radius 2 is 2.08 bits per heavy atom. The Labute approximate surface area is 140 Å². The van der Waals surface area contributed by atoms with Crippen molar-refractivity contribution >= 4 is 34.1 Å². The van der Waals surface area contributed by atoms with Crippen LogP contribution in [-0.2, 0) is 4.79 Å². The molecule has 0 atom stereocenters. The smallest absolute Gasteiger partial charge is 0.269 e. The van der Waals surface area contributed by atoms with Crippen LogP contribution >= 0.6 is 11.3 Å². The lowest BCUT2D eigenvalue weighted by atomic mass is 10.1. The summed E-state index contributed by atoms with van der Waals surface area (Å²) in [5.74, 6) is 0.256. The van der Waals surface area contributed by atoms with Gasteiger partial charge in [0.05, 0.1) is 16.9 Å². The van der Waals surface area contributed by atoms with Crippen molar-refractivity contribution in [2.24, 2.45) is 0 Å². The van der Waals surface area contributed by atoms with Crippen molar-refractivity contribution in [1.82, 2.24) is 4.98 Å². The van der Waals surface area contributed by atoms with Gasteiger partial charge in [0.2, 0.25) is 5.91 Å². The number of hydrogen-bond donors (Lipinski definition) is 1. The minimum atomic E-state index is -0.457. The Kier molecular flexibility index (Phi) is 4.48. The quantitative estimate of drug-likeness (QED) is 0.430. The second-order valence-corrected chi connectivity index (χ2v) is 5.54. The molecule has 120 valence electrons. The monoisotopic (exact) mass is 341 g/mol. The summed E-state index contributed by atoms with van der Waals surface area (Å²) >= 11 is 1.27. The van der Waals surface area contributed by atoms with Crippen LogP contribution in [0.1, 0.15) is 5.76 Å². The summed E-state index contributed by atoms with van der Waals surface area (Å²) in [5, 5.41) is 15.5. The molecule has 2 heterocycles. The van der Waals surface area contributed by atoms with Gasteiger partial charge in [-0.25, -0.2) is 4.98 Å². The summed E-state index contributed by atoms with van der Waals surface area (Å²) in [6, 6.07) is 9.54. The molecule has 0 saturated carbocycles. The van der Waals surface area contributed by atoms with Crippen molar-refractivity contribution in [2.75, 3.05) is 5.32 Å². The fraction of sp³-hybridized carbons (Fsp3) is 0. The van der Waals surface area contributed by atoms with Crippen molar-refractivity contribution < 1.29 is 14.1 Å². The third kappa shape index (κ3) is 3.73. The summed E-state index contributed by atoms with van der Waals surface area (Å²) in [6.07, 6.45) is 4.43. The molecule has 0 aliphatic rings. The molecule has 3 rings (SSSR count). The lowest BCUT2D eigenvalue weighted by Crippen LogP contribution is -2.07. The number of amides is 1. The number of non-ortho nitro benzene ring substituents is 1. The number of carbonyl (C=O) groups excluding carboxylic acids is 1. The topological polar surface area (TPSA) is 98.3 Å². The van der Waals surface area contributed by atoms with E-state index < -0.39 is 4.92 Å². The summed E-state index contributed by atoms with van der Waals surface area (Å²) in [7, 11) is 0. The maximum Gasteiger partial charge on any atom is 0.269 e. The number of anilines is 1. The van der Waals surface area contributed by atoms with Gasteiger partial charge in [0, 0.05) is 29.2 Å². The van der Waals surface area contributed by atoms with Crippen LogP contribution in [0.5, 0.6) is 0 Å². The van der Waals surface area contributed by atoms with Gasteiger partial charge in [-0.05, 0) is 30.3 Å². The van der Waals surface area contributed by atoms with Crippen LogP contribution in [0.3, 0.4) is 0 Å². The van der Waals surface area contributed by atoms with Crippen LogP contribution < -0.4 is 5.32 Å². The molecule has 0 bridgehead atoms. The maximum absolute atomic E-state index is 11.8. The molecule has 0 fully saturated rings. The molecule has 7 nitrogen and oxygen atoms in total. The largest absolute Gasteiger partial charge is 0.465 e. The molecule has 0 spiro atoms. The molecule has 0 aliphatic heterocycles. The van der Waals surface area contributed by atoms with Crippen molar-refractivity contribution in [3.8, 4) is 11.3 Å². The molecular formula is C16H11N3O4S. The fourth-order valence-electron chi connectivity index (χ4n) is 1.91. The average molecular weight is 341 g/mol. The van der Waals surface area contributed by atoms with Crippen LogP contribution in [0.25, 0.3) is 17.3 Å².